The van der Waals surface area contributed by atoms with Crippen molar-refractivity contribution in [2.45, 2.75) is 51.5 Å². The highest BCUT2D eigenvalue weighted by Crippen LogP contribution is 2.43. The number of benzene rings is 2. The lowest BCUT2D eigenvalue weighted by Crippen LogP contribution is -2.28. The first-order valence-corrected chi connectivity index (χ1v) is 17.8. The number of carbonyl (C=O) groups excluding carboxylic acids is 1. The van der Waals surface area contributed by atoms with Crippen LogP contribution < -0.4 is 20.1 Å². The molecule has 2 aromatic heterocycles. The zero-order valence-electron chi connectivity index (χ0n) is 29.2. The van der Waals surface area contributed by atoms with Gasteiger partial charge in [0.15, 0.2) is 0 Å². The number of amides is 1. The van der Waals surface area contributed by atoms with Crippen LogP contribution in [0.25, 0.3) is 11.1 Å². The van der Waals surface area contributed by atoms with Crippen LogP contribution in [0, 0.1) is 0 Å². The molecule has 6 rings (SSSR count). The number of allylic oxidation sites excluding steroid dienone is 4. The van der Waals surface area contributed by atoms with Crippen LogP contribution in [0.4, 0.5) is 5.82 Å². The molecule has 3 heterocycles. The smallest absolute Gasteiger partial charge is 0.306 e. The van der Waals surface area contributed by atoms with Gasteiger partial charge in [0.2, 0.25) is 11.8 Å². The summed E-state index contributed by atoms with van der Waals surface area (Å²) in [6, 6.07) is 16.7. The van der Waals surface area contributed by atoms with Crippen LogP contribution in [-0.4, -0.2) is 56.7 Å². The Balaban J connectivity index is 1.14. The van der Waals surface area contributed by atoms with Gasteiger partial charge >= 0.3 is 5.97 Å². The SMILES string of the molecule is COc1nc(O[C@H]2CCc3c(-c4cccc(C(=O)Nc5ccc(CN6C=CC=CC(C)=C6)cn5)c4Cl)cccc32)c(Cl)cc1CNC[C@@H](O)CC(=O)O. The Morgan fingerprint density at radius 1 is 1.08 bits per heavy atom. The molecule has 0 unspecified atom stereocenters. The van der Waals surface area contributed by atoms with E-state index in [1.165, 1.54) is 7.11 Å². The number of carboxylic acid groups (broad SMARTS) is 1. The van der Waals surface area contributed by atoms with Gasteiger partial charge in [0, 0.05) is 49.4 Å². The lowest BCUT2D eigenvalue weighted by Gasteiger charge is -2.18. The highest BCUT2D eigenvalue weighted by Gasteiger charge is 2.29. The zero-order valence-corrected chi connectivity index (χ0v) is 30.7. The number of aliphatic carboxylic acids is 1. The molecule has 1 aliphatic heterocycles. The largest absolute Gasteiger partial charge is 0.481 e. The molecule has 4 N–H and O–H groups in total. The molecule has 274 valence electrons. The predicted molar refractivity (Wildman–Crippen MR) is 204 cm³/mol. The van der Waals surface area contributed by atoms with Gasteiger partial charge in [-0.25, -0.2) is 4.98 Å². The number of anilines is 1. The first-order chi connectivity index (χ1) is 25.6. The van der Waals surface area contributed by atoms with E-state index in [0.29, 0.717) is 47.2 Å². The molecule has 0 fully saturated rings. The molecule has 0 saturated heterocycles. The van der Waals surface area contributed by atoms with E-state index in [4.69, 9.17) is 37.8 Å². The van der Waals surface area contributed by atoms with Crippen molar-refractivity contribution in [3.8, 4) is 22.9 Å². The fraction of sp³-hybridized carbons (Fsp3) is 0.250. The molecular formula is C40H39Cl2N5O6. The number of nitrogens with zero attached hydrogens (tertiary/aromatic N) is 3. The number of hydrogen-bond acceptors (Lipinski definition) is 9. The summed E-state index contributed by atoms with van der Waals surface area (Å²) >= 11 is 13.6. The Bertz CT molecular complexity index is 2080. The highest BCUT2D eigenvalue weighted by atomic mass is 35.5. The summed E-state index contributed by atoms with van der Waals surface area (Å²) in [5.74, 6) is -0.524. The second-order valence-corrected chi connectivity index (χ2v) is 13.5. The first-order valence-electron chi connectivity index (χ1n) is 17.1. The van der Waals surface area contributed by atoms with Gasteiger partial charge in [-0.1, -0.05) is 71.8 Å². The number of carbonyl (C=O) groups is 2. The van der Waals surface area contributed by atoms with Crippen molar-refractivity contribution in [1.29, 1.82) is 0 Å². The second-order valence-electron chi connectivity index (χ2n) is 12.8. The summed E-state index contributed by atoms with van der Waals surface area (Å²) in [6.45, 7) is 3.01. The maximum absolute atomic E-state index is 13.5. The molecule has 0 bridgehead atoms. The Morgan fingerprint density at radius 3 is 2.66 bits per heavy atom. The molecule has 4 aromatic rings. The third kappa shape index (κ3) is 9.24. The third-order valence-electron chi connectivity index (χ3n) is 8.83. The van der Waals surface area contributed by atoms with Gasteiger partial charge in [0.05, 0.1) is 30.2 Å². The molecule has 53 heavy (non-hydrogen) atoms. The third-order valence-corrected chi connectivity index (χ3v) is 9.51. The van der Waals surface area contributed by atoms with Gasteiger partial charge in [0.25, 0.3) is 5.91 Å². The summed E-state index contributed by atoms with van der Waals surface area (Å²) in [5, 5.41) is 25.2. The van der Waals surface area contributed by atoms with E-state index in [2.05, 4.69) is 31.7 Å². The van der Waals surface area contributed by atoms with E-state index in [1.807, 2.05) is 67.7 Å². The molecule has 1 aliphatic carbocycles. The van der Waals surface area contributed by atoms with Crippen molar-refractivity contribution in [3.05, 3.63) is 135 Å². The summed E-state index contributed by atoms with van der Waals surface area (Å²) in [5.41, 5.74) is 6.74. The minimum atomic E-state index is -1.08. The topological polar surface area (TPSA) is 146 Å². The number of carboxylic acids is 1. The lowest BCUT2D eigenvalue weighted by atomic mass is 9.95. The summed E-state index contributed by atoms with van der Waals surface area (Å²) < 4.78 is 11.9. The van der Waals surface area contributed by atoms with E-state index in [0.717, 1.165) is 33.4 Å². The number of nitrogens with one attached hydrogen (secondary N) is 2. The van der Waals surface area contributed by atoms with E-state index >= 15 is 0 Å². The second kappa shape index (κ2) is 17.1. The van der Waals surface area contributed by atoms with E-state index in [1.54, 1.807) is 24.4 Å². The Hall–Kier alpha value is -5.20. The number of aliphatic hydroxyl groups excluding tert-OH is 1. The van der Waals surface area contributed by atoms with E-state index in [9.17, 15) is 14.7 Å². The zero-order chi connectivity index (χ0) is 37.5. The van der Waals surface area contributed by atoms with Crippen molar-refractivity contribution in [1.82, 2.24) is 20.2 Å². The van der Waals surface area contributed by atoms with Crippen LogP contribution >= 0.6 is 23.2 Å². The number of methoxy groups -OCH3 is 1. The summed E-state index contributed by atoms with van der Waals surface area (Å²) in [7, 11) is 1.48. The average molecular weight is 757 g/mol. The van der Waals surface area contributed by atoms with Crippen LogP contribution in [0.2, 0.25) is 10.0 Å². The number of aromatic nitrogens is 2. The predicted octanol–water partition coefficient (Wildman–Crippen LogP) is 7.49. The van der Waals surface area contributed by atoms with Crippen molar-refractivity contribution in [2.24, 2.45) is 0 Å². The van der Waals surface area contributed by atoms with Gasteiger partial charge < -0.3 is 35.2 Å². The minimum absolute atomic E-state index is 0.0725. The van der Waals surface area contributed by atoms with E-state index < -0.39 is 12.1 Å². The Labute approximate surface area is 317 Å². The number of fused-ring (bicyclic) bond motifs is 1. The molecule has 2 atom stereocenters. The Kier molecular flexibility index (Phi) is 12.1. The molecule has 0 radical (unpaired) electrons. The molecule has 1 amide bonds. The van der Waals surface area contributed by atoms with Crippen molar-refractivity contribution in [2.75, 3.05) is 19.0 Å². The molecule has 2 aromatic carbocycles. The maximum Gasteiger partial charge on any atom is 0.306 e. The quantitative estimate of drug-likeness (QED) is 0.102. The fourth-order valence-corrected chi connectivity index (χ4v) is 6.90. The average Bonchev–Trinajstić information content (AvgIpc) is 3.42. The van der Waals surface area contributed by atoms with Crippen molar-refractivity contribution in [3.63, 3.8) is 0 Å². The van der Waals surface area contributed by atoms with Gasteiger partial charge in [0.1, 0.15) is 16.9 Å². The number of ether oxygens (including phenoxy) is 2. The first kappa shape index (κ1) is 37.6. The molecule has 2 aliphatic rings. The number of rotatable bonds is 14. The molecule has 0 saturated carbocycles. The fourth-order valence-electron chi connectivity index (χ4n) is 6.37. The lowest BCUT2D eigenvalue weighted by molar-refractivity contribution is -0.139. The summed E-state index contributed by atoms with van der Waals surface area (Å²) in [6.07, 6.45) is 11.5. The summed E-state index contributed by atoms with van der Waals surface area (Å²) in [4.78, 5) is 35.4. The van der Waals surface area contributed by atoms with Gasteiger partial charge in [-0.2, -0.15) is 4.98 Å². The normalized spacial score (nSPS) is 15.4. The standard InChI is InChI=1S/C40H39Cl2N5O6/c1-24-7-3-4-16-47(22-24)23-25-12-15-35(44-19-25)45-38(51)32-11-6-10-31(37(32)42)28-8-5-9-30-29(28)13-14-34(30)53-40-33(41)17-26(39(46-40)52-2)20-43-21-27(48)18-36(49)50/h3-12,15-17,19,22,27,34,43,48H,13-14,18,20-21,23H2,1-2H3,(H,49,50)(H,44,45,51)/t27-,34-/m0/s1. The van der Waals surface area contributed by atoms with Crippen LogP contribution in [-0.2, 0) is 24.3 Å². The molecule has 13 heteroatoms. The molecule has 0 spiro atoms. The van der Waals surface area contributed by atoms with Gasteiger partial charge in [-0.05, 0) is 71.9 Å². The number of hydrogen-bond donors (Lipinski definition) is 4. The van der Waals surface area contributed by atoms with Crippen LogP contribution in [0.5, 0.6) is 11.8 Å². The van der Waals surface area contributed by atoms with Crippen molar-refractivity contribution < 1.29 is 29.3 Å². The Morgan fingerprint density at radius 2 is 1.89 bits per heavy atom. The van der Waals surface area contributed by atoms with Gasteiger partial charge in [-0.15, -0.1) is 0 Å². The monoisotopic (exact) mass is 755 g/mol. The van der Waals surface area contributed by atoms with E-state index in [-0.39, 0.29) is 42.4 Å². The number of halogens is 2. The van der Waals surface area contributed by atoms with Crippen LogP contribution in [0.15, 0.2) is 97.0 Å². The highest BCUT2D eigenvalue weighted by molar-refractivity contribution is 6.37. The minimum Gasteiger partial charge on any atom is -0.481 e. The maximum atomic E-state index is 13.5. The number of pyridine rings is 2. The van der Waals surface area contributed by atoms with Crippen molar-refractivity contribution >= 4 is 40.9 Å². The van der Waals surface area contributed by atoms with Crippen LogP contribution in [0.3, 0.4) is 0 Å². The van der Waals surface area contributed by atoms with Crippen LogP contribution in [0.1, 0.15) is 58.5 Å². The molecular weight excluding hydrogens is 717 g/mol. The van der Waals surface area contributed by atoms with Gasteiger partial charge in [-0.3, -0.25) is 9.59 Å². The number of aliphatic hydroxyl groups is 1. The molecule has 11 nitrogen and oxygen atoms in total.